The Kier molecular flexibility index (Phi) is 1.53. The van der Waals surface area contributed by atoms with Crippen molar-refractivity contribution in [1.82, 2.24) is 5.32 Å². The van der Waals surface area contributed by atoms with Gasteiger partial charge in [-0.1, -0.05) is 6.08 Å². The SMILES string of the molecule is NC(=O)C1=CNC=CC1. The second-order valence-corrected chi connectivity index (χ2v) is 1.81. The summed E-state index contributed by atoms with van der Waals surface area (Å²) < 4.78 is 0. The van der Waals surface area contributed by atoms with E-state index in [4.69, 9.17) is 5.73 Å². The fourth-order valence-electron chi connectivity index (χ4n) is 0.633. The van der Waals surface area contributed by atoms with Gasteiger partial charge in [0.25, 0.3) is 0 Å². The average Bonchev–Trinajstić information content (AvgIpc) is 1.90. The molecule has 0 saturated heterocycles. The summed E-state index contributed by atoms with van der Waals surface area (Å²) in [6.07, 6.45) is 5.87. The second kappa shape index (κ2) is 2.35. The fraction of sp³-hybridized carbons (Fsp3) is 0.167. The smallest absolute Gasteiger partial charge is 0.246 e. The summed E-state index contributed by atoms with van der Waals surface area (Å²) in [7, 11) is 0. The van der Waals surface area contributed by atoms with Crippen molar-refractivity contribution in [3.05, 3.63) is 24.0 Å². The molecule has 0 aliphatic carbocycles. The largest absolute Gasteiger partial charge is 0.367 e. The lowest BCUT2D eigenvalue weighted by atomic mass is 10.2. The first-order valence-corrected chi connectivity index (χ1v) is 2.70. The summed E-state index contributed by atoms with van der Waals surface area (Å²) in [5.74, 6) is -0.355. The van der Waals surface area contributed by atoms with Crippen molar-refractivity contribution in [3.8, 4) is 0 Å². The predicted molar refractivity (Wildman–Crippen MR) is 34.2 cm³/mol. The number of nitrogens with two attached hydrogens (primary N) is 1. The maximum atomic E-state index is 10.4. The number of hydrogen-bond donors (Lipinski definition) is 2. The third-order valence-corrected chi connectivity index (χ3v) is 1.13. The molecule has 1 rings (SSSR count). The predicted octanol–water partition coefficient (Wildman–Crippen LogP) is -0.137. The van der Waals surface area contributed by atoms with E-state index in [0.717, 1.165) is 0 Å². The van der Waals surface area contributed by atoms with Gasteiger partial charge in [0, 0.05) is 11.8 Å². The van der Waals surface area contributed by atoms with Crippen molar-refractivity contribution in [1.29, 1.82) is 0 Å². The normalized spacial score (nSPS) is 16.2. The van der Waals surface area contributed by atoms with Crippen LogP contribution in [0.5, 0.6) is 0 Å². The van der Waals surface area contributed by atoms with Gasteiger partial charge in [0.1, 0.15) is 0 Å². The highest BCUT2D eigenvalue weighted by molar-refractivity contribution is 5.92. The van der Waals surface area contributed by atoms with Crippen LogP contribution in [0.1, 0.15) is 6.42 Å². The summed E-state index contributed by atoms with van der Waals surface area (Å²) in [6, 6.07) is 0. The van der Waals surface area contributed by atoms with Crippen molar-refractivity contribution in [3.63, 3.8) is 0 Å². The van der Waals surface area contributed by atoms with Gasteiger partial charge >= 0.3 is 0 Å². The maximum absolute atomic E-state index is 10.4. The van der Waals surface area contributed by atoms with Crippen molar-refractivity contribution in [2.24, 2.45) is 5.73 Å². The Morgan fingerprint density at radius 3 is 2.89 bits per heavy atom. The van der Waals surface area contributed by atoms with Crippen molar-refractivity contribution < 1.29 is 4.79 Å². The van der Waals surface area contributed by atoms with Gasteiger partial charge in [-0.05, 0) is 12.6 Å². The zero-order valence-electron chi connectivity index (χ0n) is 4.92. The second-order valence-electron chi connectivity index (χ2n) is 1.81. The van der Waals surface area contributed by atoms with Gasteiger partial charge in [-0.25, -0.2) is 0 Å². The molecule has 9 heavy (non-hydrogen) atoms. The number of nitrogens with one attached hydrogen (secondary N) is 1. The van der Waals surface area contributed by atoms with Crippen LogP contribution < -0.4 is 11.1 Å². The molecule has 3 heteroatoms. The van der Waals surface area contributed by atoms with Crippen LogP contribution in [-0.2, 0) is 4.79 Å². The molecule has 1 aliphatic heterocycles. The number of primary amides is 1. The molecule has 0 unspecified atom stereocenters. The molecule has 1 amide bonds. The molecule has 1 heterocycles. The highest BCUT2D eigenvalue weighted by atomic mass is 16.1. The van der Waals surface area contributed by atoms with E-state index >= 15 is 0 Å². The van der Waals surface area contributed by atoms with Gasteiger partial charge in [0.15, 0.2) is 0 Å². The molecular weight excluding hydrogens is 116 g/mol. The zero-order valence-corrected chi connectivity index (χ0v) is 4.92. The first-order valence-electron chi connectivity index (χ1n) is 2.70. The number of carbonyl (C=O) groups excluding carboxylic acids is 1. The molecule has 0 aromatic heterocycles. The van der Waals surface area contributed by atoms with E-state index in [9.17, 15) is 4.79 Å². The van der Waals surface area contributed by atoms with Crippen LogP contribution in [0.2, 0.25) is 0 Å². The first kappa shape index (κ1) is 5.88. The number of allylic oxidation sites excluding steroid dienone is 1. The molecule has 3 N–H and O–H groups in total. The van der Waals surface area contributed by atoms with Crippen molar-refractivity contribution in [2.45, 2.75) is 6.42 Å². The van der Waals surface area contributed by atoms with E-state index in [-0.39, 0.29) is 5.91 Å². The summed E-state index contributed by atoms with van der Waals surface area (Å²) in [6.45, 7) is 0. The van der Waals surface area contributed by atoms with Crippen LogP contribution in [0.3, 0.4) is 0 Å². The van der Waals surface area contributed by atoms with E-state index < -0.39 is 0 Å². The van der Waals surface area contributed by atoms with Crippen LogP contribution in [0, 0.1) is 0 Å². The summed E-state index contributed by atoms with van der Waals surface area (Å²) in [4.78, 5) is 10.4. The van der Waals surface area contributed by atoms with Crippen LogP contribution in [0.4, 0.5) is 0 Å². The molecule has 3 nitrogen and oxygen atoms in total. The van der Waals surface area contributed by atoms with Crippen molar-refractivity contribution >= 4 is 5.91 Å². The molecule has 48 valence electrons. The number of amides is 1. The molecule has 0 bridgehead atoms. The highest BCUT2D eigenvalue weighted by Crippen LogP contribution is 2.02. The van der Waals surface area contributed by atoms with Crippen LogP contribution >= 0.6 is 0 Å². The average molecular weight is 124 g/mol. The van der Waals surface area contributed by atoms with Crippen LogP contribution in [0.15, 0.2) is 24.0 Å². The Morgan fingerprint density at radius 2 is 2.56 bits per heavy atom. The molecular formula is C6H8N2O. The molecule has 0 spiro atoms. The van der Waals surface area contributed by atoms with Gasteiger partial charge in [-0.2, -0.15) is 0 Å². The van der Waals surface area contributed by atoms with E-state index in [1.807, 2.05) is 6.08 Å². The number of hydrogen-bond acceptors (Lipinski definition) is 2. The molecule has 0 fully saturated rings. The van der Waals surface area contributed by atoms with Gasteiger partial charge < -0.3 is 11.1 Å². The number of carbonyl (C=O) groups is 1. The maximum Gasteiger partial charge on any atom is 0.246 e. The molecule has 0 aromatic carbocycles. The molecule has 0 radical (unpaired) electrons. The summed E-state index contributed by atoms with van der Waals surface area (Å²) in [5.41, 5.74) is 5.61. The van der Waals surface area contributed by atoms with E-state index in [2.05, 4.69) is 5.32 Å². The molecule has 0 saturated carbocycles. The van der Waals surface area contributed by atoms with Crippen molar-refractivity contribution in [2.75, 3.05) is 0 Å². The number of rotatable bonds is 1. The summed E-state index contributed by atoms with van der Waals surface area (Å²) in [5, 5.41) is 2.77. The third-order valence-electron chi connectivity index (χ3n) is 1.13. The summed E-state index contributed by atoms with van der Waals surface area (Å²) >= 11 is 0. The minimum absolute atomic E-state index is 0.355. The fourth-order valence-corrected chi connectivity index (χ4v) is 0.633. The number of dihydropyridines is 1. The Hall–Kier alpha value is -1.25. The highest BCUT2D eigenvalue weighted by Gasteiger charge is 2.02. The van der Waals surface area contributed by atoms with E-state index in [1.54, 1.807) is 12.4 Å². The Morgan fingerprint density at radius 1 is 1.78 bits per heavy atom. The Labute approximate surface area is 53.2 Å². The molecule has 1 aliphatic rings. The monoisotopic (exact) mass is 124 g/mol. The quantitative estimate of drug-likeness (QED) is 0.511. The lowest BCUT2D eigenvalue weighted by Crippen LogP contribution is -2.17. The lowest BCUT2D eigenvalue weighted by Gasteiger charge is -2.03. The zero-order chi connectivity index (χ0) is 6.69. The standard InChI is InChI=1S/C6H8N2O/c7-6(9)5-2-1-3-8-4-5/h1,3-4,8H,2H2,(H2,7,9). The minimum Gasteiger partial charge on any atom is -0.367 e. The molecule has 0 atom stereocenters. The van der Waals surface area contributed by atoms with Gasteiger partial charge in [0.05, 0.1) is 0 Å². The van der Waals surface area contributed by atoms with Gasteiger partial charge in [-0.3, -0.25) is 4.79 Å². The van der Waals surface area contributed by atoms with E-state index in [0.29, 0.717) is 12.0 Å². The minimum atomic E-state index is -0.355. The molecule has 0 aromatic rings. The topological polar surface area (TPSA) is 55.1 Å². The van der Waals surface area contributed by atoms with Gasteiger partial charge in [0.2, 0.25) is 5.91 Å². The van der Waals surface area contributed by atoms with Gasteiger partial charge in [-0.15, -0.1) is 0 Å². The lowest BCUT2D eigenvalue weighted by molar-refractivity contribution is -0.114. The Bertz CT molecular complexity index is 181. The van der Waals surface area contributed by atoms with Crippen LogP contribution in [0.25, 0.3) is 0 Å². The first-order chi connectivity index (χ1) is 4.30. The van der Waals surface area contributed by atoms with Crippen LogP contribution in [-0.4, -0.2) is 5.91 Å². The third kappa shape index (κ3) is 1.32. The Balaban J connectivity index is 2.61. The van der Waals surface area contributed by atoms with E-state index in [1.165, 1.54) is 0 Å².